The Bertz CT molecular complexity index is 492. The third-order valence-corrected chi connectivity index (χ3v) is 4.85. The lowest BCUT2D eigenvalue weighted by Gasteiger charge is -2.19. The smallest absolute Gasteiger partial charge is 0.268 e. The maximum absolute atomic E-state index is 12.5. The van der Waals surface area contributed by atoms with E-state index in [0.29, 0.717) is 23.8 Å². The number of anilines is 2. The van der Waals surface area contributed by atoms with Gasteiger partial charge in [-0.2, -0.15) is 0 Å². The molecule has 2 heterocycles. The Morgan fingerprint density at radius 1 is 1.43 bits per heavy atom. The predicted octanol–water partition coefficient (Wildman–Crippen LogP) is 2.75. The molecule has 1 amide bonds. The number of carbonyl (C=O) groups excluding carboxylic acids is 1. The van der Waals surface area contributed by atoms with Crippen LogP contribution in [0.5, 0.6) is 0 Å². The zero-order valence-corrected chi connectivity index (χ0v) is 13.5. The minimum atomic E-state index is -0.0477. The molecule has 1 aromatic rings. The largest absolute Gasteiger partial charge is 0.382 e. The maximum atomic E-state index is 12.5. The van der Waals surface area contributed by atoms with Gasteiger partial charge in [0, 0.05) is 26.2 Å². The molecular formula is C15H24N4OS. The number of nitrogen functional groups attached to an aromatic ring is 1. The van der Waals surface area contributed by atoms with Crippen LogP contribution in [0.3, 0.4) is 0 Å². The lowest BCUT2D eigenvalue weighted by Crippen LogP contribution is -2.30. The Morgan fingerprint density at radius 3 is 2.67 bits per heavy atom. The van der Waals surface area contributed by atoms with Gasteiger partial charge in [-0.05, 0) is 19.8 Å². The van der Waals surface area contributed by atoms with E-state index in [0.717, 1.165) is 18.2 Å². The van der Waals surface area contributed by atoms with Crippen molar-refractivity contribution in [1.29, 1.82) is 0 Å². The van der Waals surface area contributed by atoms with E-state index in [-0.39, 0.29) is 5.91 Å². The average Bonchev–Trinajstić information content (AvgIpc) is 2.70. The van der Waals surface area contributed by atoms with Gasteiger partial charge in [0.05, 0.1) is 0 Å². The van der Waals surface area contributed by atoms with E-state index in [1.807, 2.05) is 6.92 Å². The van der Waals surface area contributed by atoms with E-state index in [9.17, 15) is 4.79 Å². The minimum Gasteiger partial charge on any atom is -0.382 e. The molecule has 0 saturated carbocycles. The van der Waals surface area contributed by atoms with Crippen LogP contribution in [0.1, 0.15) is 42.3 Å². The highest BCUT2D eigenvalue weighted by atomic mass is 32.1. The molecule has 5 nitrogen and oxygen atoms in total. The van der Waals surface area contributed by atoms with Gasteiger partial charge >= 0.3 is 0 Å². The second-order valence-corrected chi connectivity index (χ2v) is 6.22. The maximum Gasteiger partial charge on any atom is 0.268 e. The van der Waals surface area contributed by atoms with Crippen LogP contribution in [0.2, 0.25) is 0 Å². The van der Waals surface area contributed by atoms with E-state index in [4.69, 9.17) is 5.73 Å². The first-order chi connectivity index (χ1) is 10.2. The zero-order valence-electron chi connectivity index (χ0n) is 12.7. The minimum absolute atomic E-state index is 0.0477. The summed E-state index contributed by atoms with van der Waals surface area (Å²) in [5.74, 6) is 0.306. The Hall–Kier alpha value is -1.56. The third-order valence-electron chi connectivity index (χ3n) is 3.73. The fraction of sp³-hybridized carbons (Fsp3) is 0.600. The molecule has 0 bridgehead atoms. The van der Waals surface area contributed by atoms with Crippen molar-refractivity contribution >= 4 is 28.2 Å². The van der Waals surface area contributed by atoms with Crippen LogP contribution < -0.4 is 10.6 Å². The number of hydrogen-bond acceptors (Lipinski definition) is 5. The summed E-state index contributed by atoms with van der Waals surface area (Å²) in [7, 11) is 0. The number of aromatic nitrogens is 1. The van der Waals surface area contributed by atoms with Crippen molar-refractivity contribution in [3.05, 3.63) is 17.5 Å². The lowest BCUT2D eigenvalue weighted by molar-refractivity contribution is 0.0787. The van der Waals surface area contributed by atoms with E-state index >= 15 is 0 Å². The second kappa shape index (κ2) is 7.45. The number of nitrogens with two attached hydrogens (primary N) is 1. The van der Waals surface area contributed by atoms with Gasteiger partial charge in [-0.3, -0.25) is 4.79 Å². The summed E-state index contributed by atoms with van der Waals surface area (Å²) in [6.45, 7) is 8.83. The highest BCUT2D eigenvalue weighted by Crippen LogP contribution is 2.30. The fourth-order valence-electron chi connectivity index (χ4n) is 2.53. The summed E-state index contributed by atoms with van der Waals surface area (Å²) in [5.41, 5.74) is 5.98. The highest BCUT2D eigenvalue weighted by molar-refractivity contribution is 7.18. The van der Waals surface area contributed by atoms with Crippen molar-refractivity contribution in [1.82, 2.24) is 9.88 Å². The quantitative estimate of drug-likeness (QED) is 0.850. The molecule has 2 N–H and O–H groups in total. The second-order valence-electron chi connectivity index (χ2n) is 5.24. The Kier molecular flexibility index (Phi) is 5.61. The number of rotatable bonds is 5. The molecule has 0 radical (unpaired) electrons. The van der Waals surface area contributed by atoms with Gasteiger partial charge < -0.3 is 15.5 Å². The molecule has 1 aliphatic rings. The van der Waals surface area contributed by atoms with Crippen LogP contribution in [0.15, 0.2) is 12.7 Å². The van der Waals surface area contributed by atoms with Crippen molar-refractivity contribution in [3.8, 4) is 0 Å². The van der Waals surface area contributed by atoms with Crippen LogP contribution in [0.25, 0.3) is 0 Å². The number of likely N-dealkylation sites (N-methyl/N-ethyl adjacent to an activating group) is 1. The monoisotopic (exact) mass is 308 g/mol. The van der Waals surface area contributed by atoms with Gasteiger partial charge in [-0.1, -0.05) is 30.3 Å². The van der Waals surface area contributed by atoms with Crippen molar-refractivity contribution < 1.29 is 4.79 Å². The van der Waals surface area contributed by atoms with E-state index in [2.05, 4.69) is 16.5 Å². The molecule has 0 aromatic carbocycles. The molecule has 2 rings (SSSR count). The molecule has 1 aliphatic heterocycles. The van der Waals surface area contributed by atoms with Gasteiger partial charge in [-0.25, -0.2) is 4.98 Å². The van der Waals surface area contributed by atoms with Gasteiger partial charge in [0.25, 0.3) is 5.91 Å². The molecule has 6 heteroatoms. The molecule has 1 saturated heterocycles. The normalized spacial score (nSPS) is 15.6. The number of thiazole rings is 1. The summed E-state index contributed by atoms with van der Waals surface area (Å²) in [4.78, 5) is 21.5. The van der Waals surface area contributed by atoms with Gasteiger partial charge in [-0.15, -0.1) is 6.58 Å². The first-order valence-corrected chi connectivity index (χ1v) is 8.40. The molecule has 0 atom stereocenters. The van der Waals surface area contributed by atoms with Crippen LogP contribution in [-0.4, -0.2) is 42.0 Å². The van der Waals surface area contributed by atoms with Crippen molar-refractivity contribution in [2.24, 2.45) is 0 Å². The van der Waals surface area contributed by atoms with Crippen molar-refractivity contribution in [2.45, 2.75) is 32.6 Å². The van der Waals surface area contributed by atoms with Crippen LogP contribution in [0.4, 0.5) is 10.9 Å². The lowest BCUT2D eigenvalue weighted by atomic mass is 10.2. The molecule has 0 unspecified atom stereocenters. The van der Waals surface area contributed by atoms with E-state index in [1.165, 1.54) is 37.0 Å². The summed E-state index contributed by atoms with van der Waals surface area (Å²) in [6.07, 6.45) is 6.63. The standard InChI is InChI=1S/C15H24N4OS/c1-3-9-18(4-2)14(20)12-13(16)17-15(21-12)19-10-7-5-6-8-11-19/h3H,1,4-11,16H2,2H3. The highest BCUT2D eigenvalue weighted by Gasteiger charge is 2.23. The van der Waals surface area contributed by atoms with Gasteiger partial charge in [0.1, 0.15) is 10.7 Å². The summed E-state index contributed by atoms with van der Waals surface area (Å²) in [5, 5.41) is 0.882. The Morgan fingerprint density at radius 2 is 2.10 bits per heavy atom. The summed E-state index contributed by atoms with van der Waals surface area (Å²) in [6, 6.07) is 0. The van der Waals surface area contributed by atoms with Gasteiger partial charge in [0.15, 0.2) is 5.13 Å². The predicted molar refractivity (Wildman–Crippen MR) is 89.0 cm³/mol. The Balaban J connectivity index is 2.17. The first kappa shape index (κ1) is 15.8. The number of carbonyl (C=O) groups is 1. The topological polar surface area (TPSA) is 62.5 Å². The molecule has 1 aromatic heterocycles. The molecular weight excluding hydrogens is 284 g/mol. The fourth-order valence-corrected chi connectivity index (χ4v) is 3.53. The number of amides is 1. The van der Waals surface area contributed by atoms with Crippen molar-refractivity contribution in [3.63, 3.8) is 0 Å². The SMILES string of the molecule is C=CCN(CC)C(=O)c1sc(N2CCCCCC2)nc1N. The van der Waals surface area contributed by atoms with Gasteiger partial charge in [0.2, 0.25) is 0 Å². The zero-order chi connectivity index (χ0) is 15.2. The molecule has 21 heavy (non-hydrogen) atoms. The molecule has 116 valence electrons. The van der Waals surface area contributed by atoms with Crippen molar-refractivity contribution in [2.75, 3.05) is 36.8 Å². The van der Waals surface area contributed by atoms with E-state index in [1.54, 1.807) is 11.0 Å². The third kappa shape index (κ3) is 3.75. The summed E-state index contributed by atoms with van der Waals surface area (Å²) >= 11 is 1.42. The molecule has 1 fully saturated rings. The first-order valence-electron chi connectivity index (χ1n) is 7.58. The Labute approximate surface area is 130 Å². The van der Waals surface area contributed by atoms with Crippen LogP contribution in [-0.2, 0) is 0 Å². The number of nitrogens with zero attached hydrogens (tertiary/aromatic N) is 3. The average molecular weight is 308 g/mol. The number of hydrogen-bond donors (Lipinski definition) is 1. The van der Waals surface area contributed by atoms with Crippen LogP contribution in [0, 0.1) is 0 Å². The molecule has 0 aliphatic carbocycles. The molecule has 0 spiro atoms. The summed E-state index contributed by atoms with van der Waals surface area (Å²) < 4.78 is 0. The van der Waals surface area contributed by atoms with Crippen LogP contribution >= 0.6 is 11.3 Å². The van der Waals surface area contributed by atoms with E-state index < -0.39 is 0 Å².